The van der Waals surface area contributed by atoms with Gasteiger partial charge in [0.15, 0.2) is 0 Å². The van der Waals surface area contributed by atoms with Crippen molar-refractivity contribution in [2.24, 2.45) is 5.92 Å². The van der Waals surface area contributed by atoms with Crippen molar-refractivity contribution in [1.29, 1.82) is 0 Å². The van der Waals surface area contributed by atoms with Gasteiger partial charge < -0.3 is 15.1 Å². The third-order valence-corrected chi connectivity index (χ3v) is 5.27. The molecule has 1 aromatic carbocycles. The second-order valence-corrected chi connectivity index (χ2v) is 7.25. The van der Waals surface area contributed by atoms with E-state index in [1.165, 1.54) is 12.5 Å². The van der Waals surface area contributed by atoms with E-state index in [-0.39, 0.29) is 36.1 Å². The van der Waals surface area contributed by atoms with Gasteiger partial charge >= 0.3 is 0 Å². The number of nitrogens with one attached hydrogen (secondary N) is 1. The minimum atomic E-state index is -0.301. The lowest BCUT2D eigenvalue weighted by molar-refractivity contribution is -0.137. The molecule has 2 fully saturated rings. The molecule has 3 amide bonds. The molecule has 1 aromatic rings. The Hall–Kier alpha value is -2.37. The highest BCUT2D eigenvalue weighted by Gasteiger charge is 2.38. The fourth-order valence-corrected chi connectivity index (χ4v) is 3.87. The van der Waals surface area contributed by atoms with Gasteiger partial charge in [-0.3, -0.25) is 14.4 Å². The maximum Gasteiger partial charge on any atom is 0.228 e. The summed E-state index contributed by atoms with van der Waals surface area (Å²) < 4.78 is 0. The summed E-state index contributed by atoms with van der Waals surface area (Å²) in [5.41, 5.74) is 2.09. The molecular weight excluding hydrogens is 330 g/mol. The molecule has 0 aromatic heterocycles. The van der Waals surface area contributed by atoms with Crippen LogP contribution in [0.1, 0.15) is 38.7 Å². The maximum atomic E-state index is 12.9. The molecule has 0 spiro atoms. The second kappa shape index (κ2) is 7.89. The molecule has 2 unspecified atom stereocenters. The van der Waals surface area contributed by atoms with E-state index in [0.29, 0.717) is 19.6 Å². The topological polar surface area (TPSA) is 69.7 Å². The average molecular weight is 357 g/mol. The van der Waals surface area contributed by atoms with E-state index in [0.717, 1.165) is 24.9 Å². The Morgan fingerprint density at radius 2 is 1.92 bits per heavy atom. The van der Waals surface area contributed by atoms with E-state index < -0.39 is 0 Å². The van der Waals surface area contributed by atoms with Gasteiger partial charge in [0.25, 0.3) is 0 Å². The van der Waals surface area contributed by atoms with Crippen LogP contribution in [0.3, 0.4) is 0 Å². The van der Waals surface area contributed by atoms with Crippen LogP contribution in [0.15, 0.2) is 24.3 Å². The molecule has 2 heterocycles. The lowest BCUT2D eigenvalue weighted by Crippen LogP contribution is -2.50. The first kappa shape index (κ1) is 18.4. The molecule has 26 heavy (non-hydrogen) atoms. The zero-order chi connectivity index (χ0) is 18.7. The van der Waals surface area contributed by atoms with E-state index >= 15 is 0 Å². The largest absolute Gasteiger partial charge is 0.352 e. The number of rotatable bonds is 4. The summed E-state index contributed by atoms with van der Waals surface area (Å²) in [6, 6.07) is 7.98. The highest BCUT2D eigenvalue weighted by Crippen LogP contribution is 2.27. The first-order chi connectivity index (χ1) is 12.5. The van der Waals surface area contributed by atoms with Crippen molar-refractivity contribution in [1.82, 2.24) is 10.2 Å². The van der Waals surface area contributed by atoms with E-state index in [2.05, 4.69) is 12.2 Å². The van der Waals surface area contributed by atoms with Gasteiger partial charge in [-0.25, -0.2) is 0 Å². The number of nitrogens with zero attached hydrogens (tertiary/aromatic N) is 2. The summed E-state index contributed by atoms with van der Waals surface area (Å²) in [5.74, 6) is -0.337. The summed E-state index contributed by atoms with van der Waals surface area (Å²) in [6.07, 6.45) is 2.98. The van der Waals surface area contributed by atoms with Crippen LogP contribution in [-0.2, 0) is 20.8 Å². The Kier molecular flexibility index (Phi) is 5.59. The number of likely N-dealkylation sites (tertiary alicyclic amines) is 1. The molecule has 3 rings (SSSR count). The summed E-state index contributed by atoms with van der Waals surface area (Å²) >= 11 is 0. The molecule has 2 saturated heterocycles. The average Bonchev–Trinajstić information content (AvgIpc) is 3.02. The highest BCUT2D eigenvalue weighted by molar-refractivity contribution is 6.00. The number of carbonyl (C=O) groups excluding carboxylic acids is 3. The smallest absolute Gasteiger partial charge is 0.228 e. The van der Waals surface area contributed by atoms with E-state index in [1.807, 2.05) is 29.2 Å². The fraction of sp³-hybridized carbons (Fsp3) is 0.550. The van der Waals surface area contributed by atoms with Crippen molar-refractivity contribution in [2.45, 2.75) is 45.6 Å². The van der Waals surface area contributed by atoms with Gasteiger partial charge in [0, 0.05) is 44.7 Å². The van der Waals surface area contributed by atoms with E-state index in [4.69, 9.17) is 0 Å². The molecule has 0 saturated carbocycles. The minimum absolute atomic E-state index is 0.00280. The summed E-state index contributed by atoms with van der Waals surface area (Å²) in [7, 11) is 0. The van der Waals surface area contributed by atoms with E-state index in [1.54, 1.807) is 4.90 Å². The van der Waals surface area contributed by atoms with Gasteiger partial charge in [0.05, 0.1) is 5.92 Å². The van der Waals surface area contributed by atoms with Crippen molar-refractivity contribution in [2.75, 3.05) is 24.5 Å². The first-order valence-electron chi connectivity index (χ1n) is 9.43. The van der Waals surface area contributed by atoms with Gasteiger partial charge in [-0.1, -0.05) is 19.1 Å². The van der Waals surface area contributed by atoms with Gasteiger partial charge in [-0.05, 0) is 37.0 Å². The predicted octanol–water partition coefficient (Wildman–Crippen LogP) is 1.73. The van der Waals surface area contributed by atoms with Gasteiger partial charge in [-0.15, -0.1) is 0 Å². The van der Waals surface area contributed by atoms with Crippen LogP contribution in [0.4, 0.5) is 5.69 Å². The van der Waals surface area contributed by atoms with Crippen LogP contribution in [-0.4, -0.2) is 48.3 Å². The highest BCUT2D eigenvalue weighted by atomic mass is 16.2. The molecule has 0 aliphatic carbocycles. The zero-order valence-electron chi connectivity index (χ0n) is 15.5. The van der Waals surface area contributed by atoms with Crippen LogP contribution in [0.25, 0.3) is 0 Å². The van der Waals surface area contributed by atoms with Gasteiger partial charge in [0.2, 0.25) is 17.7 Å². The molecular formula is C20H27N3O3. The minimum Gasteiger partial charge on any atom is -0.352 e. The molecule has 2 aliphatic heterocycles. The summed E-state index contributed by atoms with van der Waals surface area (Å²) in [4.78, 5) is 40.1. The SMILES string of the molecule is CCc1ccc(N2CC(C(=O)N3CCCC(NC(C)=O)C3)CC2=O)cc1. The predicted molar refractivity (Wildman–Crippen MR) is 99.7 cm³/mol. The molecule has 1 N–H and O–H groups in total. The first-order valence-corrected chi connectivity index (χ1v) is 9.43. The number of carbonyl (C=O) groups is 3. The number of piperidine rings is 1. The van der Waals surface area contributed by atoms with Crippen molar-refractivity contribution >= 4 is 23.4 Å². The second-order valence-electron chi connectivity index (χ2n) is 7.25. The number of anilines is 1. The number of aryl methyl sites for hydroxylation is 1. The number of hydrogen-bond acceptors (Lipinski definition) is 3. The number of benzene rings is 1. The van der Waals surface area contributed by atoms with Gasteiger partial charge in [-0.2, -0.15) is 0 Å². The lowest BCUT2D eigenvalue weighted by atomic mass is 10.0. The Morgan fingerprint density at radius 1 is 1.19 bits per heavy atom. The lowest BCUT2D eigenvalue weighted by Gasteiger charge is -2.34. The molecule has 0 radical (unpaired) electrons. The summed E-state index contributed by atoms with van der Waals surface area (Å²) in [6.45, 7) is 5.26. The monoisotopic (exact) mass is 357 g/mol. The van der Waals surface area contributed by atoms with Crippen LogP contribution in [0.5, 0.6) is 0 Å². The van der Waals surface area contributed by atoms with Crippen molar-refractivity contribution in [3.05, 3.63) is 29.8 Å². The van der Waals surface area contributed by atoms with Crippen molar-refractivity contribution < 1.29 is 14.4 Å². The molecule has 2 aliphatic rings. The molecule has 6 nitrogen and oxygen atoms in total. The van der Waals surface area contributed by atoms with Crippen molar-refractivity contribution in [3.8, 4) is 0 Å². The number of amides is 3. The zero-order valence-corrected chi connectivity index (χ0v) is 15.5. The standard InChI is InChI=1S/C20H27N3O3/c1-3-15-6-8-18(9-7-15)23-12-16(11-19(23)25)20(26)22-10-4-5-17(13-22)21-14(2)24/h6-9,16-17H,3-5,10-13H2,1-2H3,(H,21,24). The third-order valence-electron chi connectivity index (χ3n) is 5.27. The van der Waals surface area contributed by atoms with Gasteiger partial charge in [0.1, 0.15) is 0 Å². The Morgan fingerprint density at radius 3 is 2.58 bits per heavy atom. The van der Waals surface area contributed by atoms with Crippen molar-refractivity contribution in [3.63, 3.8) is 0 Å². The molecule has 0 bridgehead atoms. The number of hydrogen-bond donors (Lipinski definition) is 1. The fourth-order valence-electron chi connectivity index (χ4n) is 3.87. The molecule has 140 valence electrons. The Labute approximate surface area is 154 Å². The van der Waals surface area contributed by atoms with Crippen LogP contribution < -0.4 is 10.2 Å². The Balaban J connectivity index is 1.63. The quantitative estimate of drug-likeness (QED) is 0.892. The Bertz CT molecular complexity index is 686. The van der Waals surface area contributed by atoms with Crippen LogP contribution in [0.2, 0.25) is 0 Å². The molecule has 6 heteroatoms. The van der Waals surface area contributed by atoms with E-state index in [9.17, 15) is 14.4 Å². The molecule has 2 atom stereocenters. The van der Waals surface area contributed by atoms with Crippen LogP contribution in [0, 0.1) is 5.92 Å². The summed E-state index contributed by atoms with van der Waals surface area (Å²) in [5, 5.41) is 2.90. The maximum absolute atomic E-state index is 12.9. The third kappa shape index (κ3) is 4.06. The normalized spacial score (nSPS) is 23.2. The van der Waals surface area contributed by atoms with Crippen LogP contribution >= 0.6 is 0 Å².